The number of hydrogen-bond donors (Lipinski definition) is 5. The number of aromatic nitrogens is 2. The Morgan fingerprint density at radius 3 is 2.60 bits per heavy atom. The molecule has 2 aromatic heterocycles. The van der Waals surface area contributed by atoms with Gasteiger partial charge in [0.1, 0.15) is 11.9 Å². The van der Waals surface area contributed by atoms with Crippen LogP contribution in [0.1, 0.15) is 85.8 Å². The number of imide groups is 1. The van der Waals surface area contributed by atoms with Crippen LogP contribution in [-0.4, -0.2) is 107 Å². The predicted octanol–water partition coefficient (Wildman–Crippen LogP) is 3.75. The molecule has 1 unspecified atom stereocenters. The maximum atomic E-state index is 13.9. The first-order valence-electron chi connectivity index (χ1n) is 20.3. The zero-order chi connectivity index (χ0) is 39.6. The van der Waals surface area contributed by atoms with Crippen molar-refractivity contribution in [2.24, 2.45) is 5.41 Å². The molecular weight excluding hydrogens is 747 g/mol. The molecule has 1 aliphatic carbocycles. The topological polar surface area (TPSA) is 187 Å². The molecule has 1 saturated carbocycles. The lowest BCUT2D eigenvalue weighted by Gasteiger charge is -2.39. The second-order valence-corrected chi connectivity index (χ2v) is 16.4. The van der Waals surface area contributed by atoms with E-state index in [4.69, 9.17) is 9.72 Å². The fourth-order valence-electron chi connectivity index (χ4n) is 8.43. The number of rotatable bonds is 17. The molecule has 16 heteroatoms. The second-order valence-electron chi connectivity index (χ2n) is 15.5. The van der Waals surface area contributed by atoms with Gasteiger partial charge in [-0.2, -0.15) is 0 Å². The van der Waals surface area contributed by atoms with Gasteiger partial charge in [0.25, 0.3) is 5.91 Å². The number of benzene rings is 1. The van der Waals surface area contributed by atoms with Crippen LogP contribution in [0.3, 0.4) is 0 Å². The van der Waals surface area contributed by atoms with Gasteiger partial charge in [-0.25, -0.2) is 9.97 Å². The van der Waals surface area contributed by atoms with Crippen LogP contribution in [0.15, 0.2) is 48.0 Å². The van der Waals surface area contributed by atoms with Crippen LogP contribution in [0.25, 0.3) is 0 Å². The maximum Gasteiger partial charge on any atom is 0.255 e. The number of hydrogen-bond acceptors (Lipinski definition) is 12. The van der Waals surface area contributed by atoms with Crippen molar-refractivity contribution in [2.75, 3.05) is 56.6 Å². The van der Waals surface area contributed by atoms with Gasteiger partial charge in [0, 0.05) is 92.2 Å². The molecule has 3 fully saturated rings. The van der Waals surface area contributed by atoms with Gasteiger partial charge in [-0.1, -0.05) is 31.4 Å². The minimum atomic E-state index is -0.712. The van der Waals surface area contributed by atoms with Crippen LogP contribution < -0.4 is 26.6 Å². The van der Waals surface area contributed by atoms with E-state index in [9.17, 15) is 24.0 Å². The SMILES string of the molecule is O=C1CCC(N2Cc3c(NC(=O)CCOCCNCCN4CCC(NC(=O)C5(Cc6cccc(Nc7nccs7)n6)CCCCC5)CC4)cccc3C2=O)C(=O)N1. The number of nitrogens with zero attached hydrogens (tertiary/aromatic N) is 4. The average Bonchev–Trinajstić information content (AvgIpc) is 3.85. The molecule has 15 nitrogen and oxygen atoms in total. The van der Waals surface area contributed by atoms with Gasteiger partial charge in [0.2, 0.25) is 23.6 Å². The molecule has 7 rings (SSSR count). The van der Waals surface area contributed by atoms with Gasteiger partial charge in [-0.05, 0) is 56.4 Å². The van der Waals surface area contributed by atoms with E-state index in [0.29, 0.717) is 36.4 Å². The number of anilines is 3. The van der Waals surface area contributed by atoms with Gasteiger partial charge in [0.05, 0.1) is 25.0 Å². The molecule has 1 aromatic carbocycles. The predicted molar refractivity (Wildman–Crippen MR) is 216 cm³/mol. The van der Waals surface area contributed by atoms with E-state index in [-0.39, 0.29) is 62.1 Å². The number of piperidine rings is 2. The number of pyridine rings is 1. The summed E-state index contributed by atoms with van der Waals surface area (Å²) < 4.78 is 5.71. The smallest absolute Gasteiger partial charge is 0.255 e. The molecule has 0 spiro atoms. The van der Waals surface area contributed by atoms with E-state index in [1.165, 1.54) is 22.7 Å². The van der Waals surface area contributed by atoms with Gasteiger partial charge >= 0.3 is 0 Å². The highest BCUT2D eigenvalue weighted by atomic mass is 32.1. The molecule has 5 N–H and O–H groups in total. The normalized spacial score (nSPS) is 19.9. The Labute approximate surface area is 337 Å². The fourth-order valence-corrected chi connectivity index (χ4v) is 8.97. The minimum Gasteiger partial charge on any atom is -0.380 e. The number of carbonyl (C=O) groups excluding carboxylic acids is 5. The molecule has 3 aliphatic heterocycles. The second kappa shape index (κ2) is 19.1. The van der Waals surface area contributed by atoms with Crippen molar-refractivity contribution in [2.45, 2.75) is 89.3 Å². The van der Waals surface area contributed by atoms with Crippen LogP contribution in [0.2, 0.25) is 0 Å². The first-order chi connectivity index (χ1) is 27.8. The Kier molecular flexibility index (Phi) is 13.6. The molecular formula is C41H53N9O6S. The van der Waals surface area contributed by atoms with Gasteiger partial charge in [0.15, 0.2) is 5.13 Å². The molecule has 304 valence electrons. The Morgan fingerprint density at radius 2 is 1.81 bits per heavy atom. The van der Waals surface area contributed by atoms with Crippen molar-refractivity contribution >= 4 is 57.5 Å². The van der Waals surface area contributed by atoms with Gasteiger partial charge in [-0.15, -0.1) is 11.3 Å². The highest BCUT2D eigenvalue weighted by Gasteiger charge is 2.42. The number of fused-ring (bicyclic) bond motifs is 1. The fraction of sp³-hybridized carbons (Fsp3) is 0.537. The summed E-state index contributed by atoms with van der Waals surface area (Å²) in [5.74, 6) is -0.377. The molecule has 2 saturated heterocycles. The average molecular weight is 800 g/mol. The number of likely N-dealkylation sites (tertiary alicyclic amines) is 1. The lowest BCUT2D eigenvalue weighted by molar-refractivity contribution is -0.137. The van der Waals surface area contributed by atoms with Crippen molar-refractivity contribution in [3.05, 3.63) is 64.8 Å². The number of ether oxygens (including phenoxy) is 1. The molecule has 0 radical (unpaired) electrons. The molecule has 3 aromatic rings. The van der Waals surface area contributed by atoms with E-state index in [2.05, 4.69) is 36.5 Å². The molecule has 1 atom stereocenters. The van der Waals surface area contributed by atoms with Crippen LogP contribution >= 0.6 is 11.3 Å². The van der Waals surface area contributed by atoms with Crippen LogP contribution in [0.5, 0.6) is 0 Å². The summed E-state index contributed by atoms with van der Waals surface area (Å²) in [5.41, 5.74) is 2.16. The summed E-state index contributed by atoms with van der Waals surface area (Å²) in [4.78, 5) is 76.7. The number of carbonyl (C=O) groups is 5. The first-order valence-corrected chi connectivity index (χ1v) is 21.1. The largest absolute Gasteiger partial charge is 0.380 e. The number of nitrogens with one attached hydrogen (secondary N) is 5. The third-order valence-corrected chi connectivity index (χ3v) is 12.3. The monoisotopic (exact) mass is 799 g/mol. The summed E-state index contributed by atoms with van der Waals surface area (Å²) >= 11 is 1.53. The highest BCUT2D eigenvalue weighted by molar-refractivity contribution is 7.13. The van der Waals surface area contributed by atoms with Gasteiger partial charge in [-0.3, -0.25) is 29.3 Å². The Bertz CT molecular complexity index is 1890. The van der Waals surface area contributed by atoms with Crippen molar-refractivity contribution in [1.29, 1.82) is 0 Å². The van der Waals surface area contributed by atoms with Crippen molar-refractivity contribution in [3.8, 4) is 0 Å². The van der Waals surface area contributed by atoms with Crippen LogP contribution in [0.4, 0.5) is 16.6 Å². The lowest BCUT2D eigenvalue weighted by atomic mass is 9.70. The minimum absolute atomic E-state index is 0.163. The molecule has 57 heavy (non-hydrogen) atoms. The number of thiazole rings is 1. The summed E-state index contributed by atoms with van der Waals surface area (Å²) in [5, 5.41) is 18.1. The number of amides is 5. The molecule has 5 heterocycles. The highest BCUT2D eigenvalue weighted by Crippen LogP contribution is 2.40. The third kappa shape index (κ3) is 10.4. The van der Waals surface area contributed by atoms with E-state index in [1.807, 2.05) is 23.6 Å². The molecule has 0 bridgehead atoms. The summed E-state index contributed by atoms with van der Waals surface area (Å²) in [6.45, 7) is 5.20. The van der Waals surface area contributed by atoms with E-state index < -0.39 is 17.4 Å². The standard InChI is InChI=1S/C41H53N9O6S/c51-35-11-10-33(37(53)48-35)50-27-31-30(38(50)54)7-5-8-32(31)46-36(52)14-23-56-24-18-42-17-22-49-20-12-28(13-21-49)45-39(55)41(15-2-1-3-16-41)26-29-6-4-9-34(44-29)47-40-43-19-25-57-40/h4-9,19,25,28,33,42H,1-3,10-18,20-24,26-27H2,(H,45,55)(H,46,52)(H,43,44,47)(H,48,51,53). The van der Waals surface area contributed by atoms with Crippen molar-refractivity contribution in [3.63, 3.8) is 0 Å². The van der Waals surface area contributed by atoms with E-state index >= 15 is 0 Å². The molecule has 4 aliphatic rings. The van der Waals surface area contributed by atoms with Gasteiger partial charge < -0.3 is 35.8 Å². The third-order valence-electron chi connectivity index (χ3n) is 11.6. The summed E-state index contributed by atoms with van der Waals surface area (Å²) in [6, 6.07) is 10.6. The van der Waals surface area contributed by atoms with E-state index in [1.54, 1.807) is 24.4 Å². The zero-order valence-corrected chi connectivity index (χ0v) is 33.2. The van der Waals surface area contributed by atoms with Crippen LogP contribution in [0, 0.1) is 5.41 Å². The first kappa shape index (κ1) is 40.4. The zero-order valence-electron chi connectivity index (χ0n) is 32.4. The Balaban J connectivity index is 0.762. The lowest BCUT2D eigenvalue weighted by Crippen LogP contribution is -2.52. The van der Waals surface area contributed by atoms with Crippen LogP contribution in [-0.2, 0) is 36.9 Å². The van der Waals surface area contributed by atoms with Crippen molar-refractivity contribution in [1.82, 2.24) is 35.7 Å². The Hall–Kier alpha value is -4.77. The summed E-state index contributed by atoms with van der Waals surface area (Å²) in [7, 11) is 0. The summed E-state index contributed by atoms with van der Waals surface area (Å²) in [6.07, 6.45) is 9.96. The van der Waals surface area contributed by atoms with Crippen molar-refractivity contribution < 1.29 is 28.7 Å². The van der Waals surface area contributed by atoms with E-state index in [0.717, 1.165) is 81.3 Å². The Morgan fingerprint density at radius 1 is 0.982 bits per heavy atom. The quantitative estimate of drug-likeness (QED) is 0.0990. The maximum absolute atomic E-state index is 13.9. The molecule has 5 amide bonds.